The third kappa shape index (κ3) is 5.58. The van der Waals surface area contributed by atoms with E-state index in [0.717, 1.165) is 22.4 Å². The quantitative estimate of drug-likeness (QED) is 0.701. The van der Waals surface area contributed by atoms with Crippen LogP contribution >= 0.6 is 0 Å². The van der Waals surface area contributed by atoms with Gasteiger partial charge in [-0.3, -0.25) is 9.69 Å². The van der Waals surface area contributed by atoms with Crippen molar-refractivity contribution in [2.24, 2.45) is 0 Å². The summed E-state index contributed by atoms with van der Waals surface area (Å²) in [7, 11) is -3.01. The van der Waals surface area contributed by atoms with Gasteiger partial charge in [-0.1, -0.05) is 48.5 Å². The molecule has 0 bridgehead atoms. The van der Waals surface area contributed by atoms with Gasteiger partial charge in [0.2, 0.25) is 5.91 Å². The fourth-order valence-electron chi connectivity index (χ4n) is 3.60. The topological polar surface area (TPSA) is 75.7 Å². The van der Waals surface area contributed by atoms with E-state index in [2.05, 4.69) is 5.32 Å². The minimum Gasteiger partial charge on any atom is -0.491 e. The van der Waals surface area contributed by atoms with Crippen LogP contribution in [0.2, 0.25) is 0 Å². The van der Waals surface area contributed by atoms with Crippen LogP contribution in [0.25, 0.3) is 0 Å². The number of ether oxygens (including phenoxy) is 1. The van der Waals surface area contributed by atoms with Crippen LogP contribution in [-0.2, 0) is 14.6 Å². The van der Waals surface area contributed by atoms with Gasteiger partial charge in [-0.2, -0.15) is 0 Å². The first kappa shape index (κ1) is 21.3. The Bertz CT molecular complexity index is 910. The van der Waals surface area contributed by atoms with E-state index < -0.39 is 15.9 Å². The van der Waals surface area contributed by atoms with Crippen molar-refractivity contribution in [1.29, 1.82) is 0 Å². The minimum atomic E-state index is -3.01. The maximum atomic E-state index is 13.0. The van der Waals surface area contributed by atoms with E-state index in [0.29, 0.717) is 26.2 Å². The van der Waals surface area contributed by atoms with Crippen LogP contribution in [0.15, 0.2) is 48.5 Å². The SMILES string of the molecule is Cc1cccc(C)c1OCCNC(=O)C(c1ccccc1)N1CCS(=O)(=O)CC1. The van der Waals surface area contributed by atoms with Gasteiger partial charge in [0.1, 0.15) is 18.4 Å². The largest absolute Gasteiger partial charge is 0.491 e. The highest BCUT2D eigenvalue weighted by Gasteiger charge is 2.32. The lowest BCUT2D eigenvalue weighted by Crippen LogP contribution is -2.48. The predicted octanol–water partition coefficient (Wildman–Crippen LogP) is 2.27. The first-order chi connectivity index (χ1) is 13.9. The zero-order valence-electron chi connectivity index (χ0n) is 16.9. The molecule has 1 unspecified atom stereocenters. The van der Waals surface area contributed by atoms with Gasteiger partial charge >= 0.3 is 0 Å². The standard InChI is InChI=1S/C22H28N2O4S/c1-17-7-6-8-18(2)21(17)28-14-11-23-22(25)20(19-9-4-3-5-10-19)24-12-15-29(26,27)16-13-24/h3-10,20H,11-16H2,1-2H3,(H,23,25). The van der Waals surface area contributed by atoms with Gasteiger partial charge in [-0.25, -0.2) is 8.42 Å². The first-order valence-electron chi connectivity index (χ1n) is 9.83. The van der Waals surface area contributed by atoms with Gasteiger partial charge in [0.15, 0.2) is 9.84 Å². The normalized spacial score (nSPS) is 17.4. The molecule has 7 heteroatoms. The molecule has 1 amide bonds. The molecule has 1 fully saturated rings. The first-order valence-corrected chi connectivity index (χ1v) is 11.7. The van der Waals surface area contributed by atoms with Crippen LogP contribution in [-0.4, -0.2) is 57.0 Å². The zero-order valence-corrected chi connectivity index (χ0v) is 17.7. The molecule has 2 aromatic carbocycles. The van der Waals surface area contributed by atoms with Crippen LogP contribution in [0.3, 0.4) is 0 Å². The smallest absolute Gasteiger partial charge is 0.242 e. The Morgan fingerprint density at radius 1 is 1.03 bits per heavy atom. The summed E-state index contributed by atoms with van der Waals surface area (Å²) in [6.45, 7) is 5.45. The molecule has 2 aromatic rings. The summed E-state index contributed by atoms with van der Waals surface area (Å²) < 4.78 is 29.4. The van der Waals surface area contributed by atoms with Gasteiger partial charge in [0.25, 0.3) is 0 Å². The van der Waals surface area contributed by atoms with Gasteiger partial charge in [-0.15, -0.1) is 0 Å². The third-order valence-corrected chi connectivity index (χ3v) is 6.77. The summed E-state index contributed by atoms with van der Waals surface area (Å²) >= 11 is 0. The lowest BCUT2D eigenvalue weighted by atomic mass is 10.0. The summed E-state index contributed by atoms with van der Waals surface area (Å²) in [5, 5.41) is 2.95. The van der Waals surface area contributed by atoms with Crippen LogP contribution in [0.5, 0.6) is 5.75 Å². The Labute approximate surface area is 172 Å². The van der Waals surface area contributed by atoms with Crippen LogP contribution in [0, 0.1) is 13.8 Å². The van der Waals surface area contributed by atoms with Gasteiger partial charge < -0.3 is 10.1 Å². The molecule has 0 aromatic heterocycles. The van der Waals surface area contributed by atoms with Crippen molar-refractivity contribution in [3.05, 3.63) is 65.2 Å². The predicted molar refractivity (Wildman–Crippen MR) is 114 cm³/mol. The van der Waals surface area contributed by atoms with Gasteiger partial charge in [-0.05, 0) is 30.5 Å². The Morgan fingerprint density at radius 3 is 2.28 bits per heavy atom. The van der Waals surface area contributed by atoms with Crippen molar-refractivity contribution in [2.45, 2.75) is 19.9 Å². The van der Waals surface area contributed by atoms with Crippen molar-refractivity contribution >= 4 is 15.7 Å². The zero-order chi connectivity index (χ0) is 20.9. The molecule has 0 radical (unpaired) electrons. The monoisotopic (exact) mass is 416 g/mol. The van der Waals surface area contributed by atoms with Crippen molar-refractivity contribution < 1.29 is 17.9 Å². The number of hydrogen-bond acceptors (Lipinski definition) is 5. The van der Waals surface area contributed by atoms with Crippen molar-refractivity contribution in [3.8, 4) is 5.75 Å². The Kier molecular flexibility index (Phi) is 6.92. The summed E-state index contributed by atoms with van der Waals surface area (Å²) in [5.41, 5.74) is 2.99. The number of benzene rings is 2. The summed E-state index contributed by atoms with van der Waals surface area (Å²) in [6.07, 6.45) is 0. The second kappa shape index (κ2) is 9.41. The number of aryl methyl sites for hydroxylation is 2. The molecule has 1 N–H and O–H groups in total. The molecule has 1 saturated heterocycles. The van der Waals surface area contributed by atoms with E-state index in [1.165, 1.54) is 0 Å². The fourth-order valence-corrected chi connectivity index (χ4v) is 4.83. The molecule has 29 heavy (non-hydrogen) atoms. The second-order valence-corrected chi connectivity index (χ2v) is 9.67. The average molecular weight is 417 g/mol. The molecule has 1 atom stereocenters. The lowest BCUT2D eigenvalue weighted by molar-refractivity contribution is -0.126. The van der Waals surface area contributed by atoms with Gasteiger partial charge in [0, 0.05) is 13.1 Å². The Hall–Kier alpha value is -2.38. The van der Waals surface area contributed by atoms with Crippen molar-refractivity contribution in [2.75, 3.05) is 37.7 Å². The number of rotatable bonds is 7. The molecule has 6 nitrogen and oxygen atoms in total. The summed E-state index contributed by atoms with van der Waals surface area (Å²) in [5.74, 6) is 0.877. The van der Waals surface area contributed by atoms with Gasteiger partial charge in [0.05, 0.1) is 18.1 Å². The molecular formula is C22H28N2O4S. The van der Waals surface area contributed by atoms with Crippen LogP contribution in [0.4, 0.5) is 0 Å². The van der Waals surface area contributed by atoms with E-state index in [-0.39, 0.29) is 17.4 Å². The second-order valence-electron chi connectivity index (χ2n) is 7.36. The number of hydrogen-bond donors (Lipinski definition) is 1. The molecular weight excluding hydrogens is 388 g/mol. The highest BCUT2D eigenvalue weighted by atomic mass is 32.2. The molecule has 1 aliphatic rings. The number of amides is 1. The number of para-hydroxylation sites is 1. The number of nitrogens with one attached hydrogen (secondary N) is 1. The van der Waals surface area contributed by atoms with E-state index >= 15 is 0 Å². The van der Waals surface area contributed by atoms with Crippen molar-refractivity contribution in [3.63, 3.8) is 0 Å². The van der Waals surface area contributed by atoms with Crippen LogP contribution < -0.4 is 10.1 Å². The molecule has 1 aliphatic heterocycles. The minimum absolute atomic E-state index is 0.0826. The third-order valence-electron chi connectivity index (χ3n) is 5.16. The number of carbonyl (C=O) groups is 1. The summed E-state index contributed by atoms with van der Waals surface area (Å²) in [4.78, 5) is 14.9. The highest BCUT2D eigenvalue weighted by Crippen LogP contribution is 2.24. The maximum Gasteiger partial charge on any atom is 0.242 e. The average Bonchev–Trinajstić information content (AvgIpc) is 2.69. The Balaban J connectivity index is 1.63. The molecule has 0 spiro atoms. The van der Waals surface area contributed by atoms with E-state index in [9.17, 15) is 13.2 Å². The van der Waals surface area contributed by atoms with E-state index in [1.807, 2.05) is 67.3 Å². The van der Waals surface area contributed by atoms with Crippen molar-refractivity contribution in [1.82, 2.24) is 10.2 Å². The fraction of sp³-hybridized carbons (Fsp3) is 0.409. The highest BCUT2D eigenvalue weighted by molar-refractivity contribution is 7.91. The molecule has 156 valence electrons. The molecule has 0 aliphatic carbocycles. The number of nitrogens with zero attached hydrogens (tertiary/aromatic N) is 1. The number of sulfone groups is 1. The molecule has 1 heterocycles. The molecule has 0 saturated carbocycles. The lowest BCUT2D eigenvalue weighted by Gasteiger charge is -2.33. The maximum absolute atomic E-state index is 13.0. The summed E-state index contributed by atoms with van der Waals surface area (Å²) in [6, 6.07) is 15.0. The van der Waals surface area contributed by atoms with E-state index in [1.54, 1.807) is 0 Å². The van der Waals surface area contributed by atoms with Crippen LogP contribution in [0.1, 0.15) is 22.7 Å². The Morgan fingerprint density at radius 2 is 1.66 bits per heavy atom. The number of carbonyl (C=O) groups excluding carboxylic acids is 1. The van der Waals surface area contributed by atoms with E-state index in [4.69, 9.17) is 4.74 Å². The molecule has 3 rings (SSSR count).